The summed E-state index contributed by atoms with van der Waals surface area (Å²) in [7, 11) is 4.01. The largest absolute Gasteiger partial charge is 0.378 e. The molecule has 120 valence electrons. The average Bonchev–Trinajstić information content (AvgIpc) is 3.15. The van der Waals surface area contributed by atoms with E-state index in [-0.39, 0.29) is 5.78 Å². The first-order valence-corrected chi connectivity index (χ1v) is 7.87. The number of aromatic nitrogens is 1. The molecule has 0 N–H and O–H groups in total. The average molecular weight is 316 g/mol. The van der Waals surface area contributed by atoms with E-state index in [1.807, 2.05) is 103 Å². The Morgan fingerprint density at radius 3 is 2.33 bits per heavy atom. The fourth-order valence-corrected chi connectivity index (χ4v) is 2.48. The molecule has 1 heterocycles. The van der Waals surface area contributed by atoms with Crippen molar-refractivity contribution in [2.24, 2.45) is 0 Å². The Morgan fingerprint density at radius 2 is 1.67 bits per heavy atom. The number of hydrogen-bond donors (Lipinski definition) is 0. The zero-order chi connectivity index (χ0) is 16.9. The van der Waals surface area contributed by atoms with Gasteiger partial charge in [0.15, 0.2) is 5.78 Å². The lowest BCUT2D eigenvalue weighted by Crippen LogP contribution is -2.07. The summed E-state index contributed by atoms with van der Waals surface area (Å²) in [6.07, 6.45) is 7.40. The third kappa shape index (κ3) is 3.63. The molecule has 3 heteroatoms. The van der Waals surface area contributed by atoms with E-state index in [1.165, 1.54) is 0 Å². The van der Waals surface area contributed by atoms with Gasteiger partial charge >= 0.3 is 0 Å². The number of hydrogen-bond acceptors (Lipinski definition) is 2. The van der Waals surface area contributed by atoms with Crippen molar-refractivity contribution in [2.75, 3.05) is 19.0 Å². The van der Waals surface area contributed by atoms with Crippen molar-refractivity contribution < 1.29 is 4.79 Å². The van der Waals surface area contributed by atoms with Crippen LogP contribution in [0, 0.1) is 0 Å². The van der Waals surface area contributed by atoms with Gasteiger partial charge < -0.3 is 9.47 Å². The maximum absolute atomic E-state index is 12.4. The van der Waals surface area contributed by atoms with Gasteiger partial charge in [-0.05, 0) is 48.0 Å². The molecule has 0 aliphatic heterocycles. The van der Waals surface area contributed by atoms with Gasteiger partial charge in [-0.25, -0.2) is 0 Å². The van der Waals surface area contributed by atoms with Crippen molar-refractivity contribution in [3.8, 4) is 5.69 Å². The first-order chi connectivity index (χ1) is 11.6. The summed E-state index contributed by atoms with van der Waals surface area (Å²) in [5.41, 5.74) is 3.81. The molecule has 0 fully saturated rings. The minimum Gasteiger partial charge on any atom is -0.378 e. The molecule has 24 heavy (non-hydrogen) atoms. The van der Waals surface area contributed by atoms with E-state index in [4.69, 9.17) is 0 Å². The van der Waals surface area contributed by atoms with Crippen LogP contribution in [0.5, 0.6) is 0 Å². The highest BCUT2D eigenvalue weighted by atomic mass is 16.1. The second-order valence-electron chi connectivity index (χ2n) is 5.82. The fraction of sp³-hybridized carbons (Fsp3) is 0.0952. The van der Waals surface area contributed by atoms with E-state index in [2.05, 4.69) is 0 Å². The lowest BCUT2D eigenvalue weighted by Gasteiger charge is -2.11. The second kappa shape index (κ2) is 7.01. The molecular weight excluding hydrogens is 296 g/mol. The zero-order valence-corrected chi connectivity index (χ0v) is 13.9. The van der Waals surface area contributed by atoms with Crippen LogP contribution in [0.1, 0.15) is 15.9 Å². The second-order valence-corrected chi connectivity index (χ2v) is 5.82. The number of carbonyl (C=O) groups excluding carboxylic acids is 1. The van der Waals surface area contributed by atoms with Crippen LogP contribution in [-0.4, -0.2) is 24.4 Å². The van der Waals surface area contributed by atoms with Crippen molar-refractivity contribution in [1.82, 2.24) is 4.57 Å². The maximum atomic E-state index is 12.4. The van der Waals surface area contributed by atoms with Crippen LogP contribution in [0.2, 0.25) is 0 Å². The van der Waals surface area contributed by atoms with Crippen LogP contribution in [-0.2, 0) is 0 Å². The van der Waals surface area contributed by atoms with Crippen LogP contribution < -0.4 is 4.90 Å². The number of ketones is 1. The number of nitrogens with zero attached hydrogens (tertiary/aromatic N) is 2. The van der Waals surface area contributed by atoms with Gasteiger partial charge in [0.1, 0.15) is 0 Å². The van der Waals surface area contributed by atoms with Crippen molar-refractivity contribution >= 4 is 17.5 Å². The molecule has 0 bridgehead atoms. The third-order valence-corrected chi connectivity index (χ3v) is 3.87. The minimum absolute atomic E-state index is 0.000641. The molecule has 3 nitrogen and oxygen atoms in total. The van der Waals surface area contributed by atoms with Gasteiger partial charge in [-0.2, -0.15) is 0 Å². The Kier molecular flexibility index (Phi) is 4.62. The smallest absolute Gasteiger partial charge is 0.185 e. The summed E-state index contributed by atoms with van der Waals surface area (Å²) in [6, 6.07) is 19.7. The Labute approximate surface area is 142 Å². The lowest BCUT2D eigenvalue weighted by atomic mass is 10.1. The van der Waals surface area contributed by atoms with Crippen LogP contribution >= 0.6 is 0 Å². The quantitative estimate of drug-likeness (QED) is 0.513. The van der Waals surface area contributed by atoms with E-state index < -0.39 is 0 Å². The molecule has 0 saturated heterocycles. The minimum atomic E-state index is 0.000641. The van der Waals surface area contributed by atoms with E-state index >= 15 is 0 Å². The monoisotopic (exact) mass is 316 g/mol. The van der Waals surface area contributed by atoms with Crippen molar-refractivity contribution in [1.29, 1.82) is 0 Å². The molecule has 0 spiro atoms. The van der Waals surface area contributed by atoms with Gasteiger partial charge in [-0.3, -0.25) is 4.79 Å². The SMILES string of the molecule is CN(C)c1ccc(/C=C/C(=O)c2cccc(-n3cccc3)c2)cc1. The van der Waals surface area contributed by atoms with Crippen molar-refractivity contribution in [3.63, 3.8) is 0 Å². The Hall–Kier alpha value is -3.07. The van der Waals surface area contributed by atoms with Gasteiger partial charge in [-0.15, -0.1) is 0 Å². The van der Waals surface area contributed by atoms with Crippen molar-refractivity contribution in [2.45, 2.75) is 0 Å². The number of anilines is 1. The standard InChI is InChI=1S/C21H20N2O/c1-22(2)19-11-8-17(9-12-19)10-13-21(24)18-6-5-7-20(16-18)23-14-3-4-15-23/h3-16H,1-2H3/b13-10+. The molecule has 0 amide bonds. The highest BCUT2D eigenvalue weighted by molar-refractivity contribution is 6.07. The van der Waals surface area contributed by atoms with Crippen molar-refractivity contribution in [3.05, 3.63) is 90.3 Å². The number of allylic oxidation sites excluding steroid dienone is 1. The highest BCUT2D eigenvalue weighted by Gasteiger charge is 2.04. The summed E-state index contributed by atoms with van der Waals surface area (Å²) in [5, 5.41) is 0. The van der Waals surface area contributed by atoms with Gasteiger partial charge in [0.05, 0.1) is 0 Å². The molecule has 3 aromatic rings. The molecule has 0 saturated carbocycles. The van der Waals surface area contributed by atoms with Crippen LogP contribution in [0.25, 0.3) is 11.8 Å². The first kappa shape index (κ1) is 15.8. The predicted molar refractivity (Wildman–Crippen MR) is 99.9 cm³/mol. The molecule has 0 unspecified atom stereocenters. The summed E-state index contributed by atoms with van der Waals surface area (Å²) >= 11 is 0. The zero-order valence-electron chi connectivity index (χ0n) is 13.9. The molecule has 0 aliphatic carbocycles. The van der Waals surface area contributed by atoms with Gasteiger partial charge in [0.25, 0.3) is 0 Å². The topological polar surface area (TPSA) is 25.2 Å². The normalized spacial score (nSPS) is 10.9. The Balaban J connectivity index is 1.76. The van der Waals surface area contributed by atoms with Crippen LogP contribution in [0.4, 0.5) is 5.69 Å². The molecule has 0 atom stereocenters. The molecule has 0 radical (unpaired) electrons. The summed E-state index contributed by atoms with van der Waals surface area (Å²) < 4.78 is 1.99. The molecule has 1 aromatic heterocycles. The van der Waals surface area contributed by atoms with E-state index in [0.29, 0.717) is 5.56 Å². The fourth-order valence-electron chi connectivity index (χ4n) is 2.48. The predicted octanol–water partition coefficient (Wildman–Crippen LogP) is 4.44. The highest BCUT2D eigenvalue weighted by Crippen LogP contribution is 2.15. The maximum Gasteiger partial charge on any atom is 0.185 e. The number of carbonyl (C=O) groups is 1. The molecular formula is C21H20N2O. The first-order valence-electron chi connectivity index (χ1n) is 7.87. The molecule has 2 aromatic carbocycles. The Bertz CT molecular complexity index is 844. The third-order valence-electron chi connectivity index (χ3n) is 3.87. The van der Waals surface area contributed by atoms with E-state index in [0.717, 1.165) is 16.9 Å². The summed E-state index contributed by atoms with van der Waals surface area (Å²) in [4.78, 5) is 14.5. The number of rotatable bonds is 5. The van der Waals surface area contributed by atoms with Gasteiger partial charge in [-0.1, -0.05) is 30.3 Å². The molecule has 0 aliphatic rings. The Morgan fingerprint density at radius 1 is 0.958 bits per heavy atom. The van der Waals surface area contributed by atoms with Gasteiger partial charge in [0, 0.05) is 43.4 Å². The van der Waals surface area contributed by atoms with Crippen LogP contribution in [0.3, 0.4) is 0 Å². The van der Waals surface area contributed by atoms with E-state index in [1.54, 1.807) is 6.08 Å². The number of benzene rings is 2. The summed E-state index contributed by atoms with van der Waals surface area (Å²) in [6.45, 7) is 0. The van der Waals surface area contributed by atoms with Crippen LogP contribution in [0.15, 0.2) is 79.1 Å². The summed E-state index contributed by atoms with van der Waals surface area (Å²) in [5.74, 6) is 0.000641. The van der Waals surface area contributed by atoms with Gasteiger partial charge in [0.2, 0.25) is 0 Å². The van der Waals surface area contributed by atoms with E-state index in [9.17, 15) is 4.79 Å². The lowest BCUT2D eigenvalue weighted by molar-refractivity contribution is 0.104. The molecule has 3 rings (SSSR count).